The average Bonchev–Trinajstić information content (AvgIpc) is 3.15. The van der Waals surface area contributed by atoms with Gasteiger partial charge < -0.3 is 14.6 Å². The van der Waals surface area contributed by atoms with Gasteiger partial charge in [0, 0.05) is 0 Å². The van der Waals surface area contributed by atoms with Crippen LogP contribution in [0.15, 0.2) is 47.1 Å². The van der Waals surface area contributed by atoms with Gasteiger partial charge in [-0.3, -0.25) is 0 Å². The summed E-state index contributed by atoms with van der Waals surface area (Å²) in [7, 11) is 0. The van der Waals surface area contributed by atoms with Crippen LogP contribution in [0.1, 0.15) is 16.1 Å². The molecule has 2 heterocycles. The standard InChI is InChI=1S/C14H11N3O4/c18-8-11-13(12-2-1-7-21-12)17(16-15-11)10-5-3-9(4-6-10)14(19)20/h1-7,18H,8H2,(H,19,20). The van der Waals surface area contributed by atoms with Crippen LogP contribution in [0.5, 0.6) is 0 Å². The molecule has 0 bridgehead atoms. The largest absolute Gasteiger partial charge is 0.478 e. The minimum Gasteiger partial charge on any atom is -0.478 e. The summed E-state index contributed by atoms with van der Waals surface area (Å²) in [4.78, 5) is 10.9. The first kappa shape index (κ1) is 13.1. The minimum absolute atomic E-state index is 0.181. The molecule has 2 aromatic heterocycles. The molecule has 21 heavy (non-hydrogen) atoms. The fourth-order valence-corrected chi connectivity index (χ4v) is 2.01. The summed E-state index contributed by atoms with van der Waals surface area (Å²) < 4.78 is 6.83. The molecule has 0 spiro atoms. The maximum Gasteiger partial charge on any atom is 0.335 e. The van der Waals surface area contributed by atoms with E-state index in [1.54, 1.807) is 24.3 Å². The molecule has 7 heteroatoms. The molecule has 106 valence electrons. The monoisotopic (exact) mass is 285 g/mol. The summed E-state index contributed by atoms with van der Waals surface area (Å²) in [6.07, 6.45) is 1.52. The van der Waals surface area contributed by atoms with Crippen molar-refractivity contribution in [2.75, 3.05) is 0 Å². The van der Waals surface area contributed by atoms with Crippen molar-refractivity contribution >= 4 is 5.97 Å². The van der Waals surface area contributed by atoms with Crippen molar-refractivity contribution in [2.24, 2.45) is 0 Å². The van der Waals surface area contributed by atoms with Gasteiger partial charge >= 0.3 is 5.97 Å². The average molecular weight is 285 g/mol. The second-order valence-corrected chi connectivity index (χ2v) is 4.28. The molecule has 0 radical (unpaired) electrons. The number of hydrogen-bond donors (Lipinski definition) is 2. The van der Waals surface area contributed by atoms with Gasteiger partial charge in [0.15, 0.2) is 5.76 Å². The molecule has 0 saturated carbocycles. The van der Waals surface area contributed by atoms with Crippen molar-refractivity contribution in [1.82, 2.24) is 15.0 Å². The topological polar surface area (TPSA) is 101 Å². The lowest BCUT2D eigenvalue weighted by molar-refractivity contribution is 0.0697. The van der Waals surface area contributed by atoms with Crippen LogP contribution in [0.2, 0.25) is 0 Å². The van der Waals surface area contributed by atoms with E-state index in [-0.39, 0.29) is 12.2 Å². The van der Waals surface area contributed by atoms with Gasteiger partial charge in [-0.05, 0) is 36.4 Å². The molecule has 0 unspecified atom stereocenters. The zero-order valence-electron chi connectivity index (χ0n) is 10.8. The van der Waals surface area contributed by atoms with E-state index >= 15 is 0 Å². The number of benzene rings is 1. The zero-order chi connectivity index (χ0) is 14.8. The molecule has 0 aliphatic carbocycles. The van der Waals surface area contributed by atoms with Crippen LogP contribution < -0.4 is 0 Å². The summed E-state index contributed by atoms with van der Waals surface area (Å²) in [5, 5.41) is 26.2. The SMILES string of the molecule is O=C(O)c1ccc(-n2nnc(CO)c2-c2ccco2)cc1. The number of aromatic nitrogens is 3. The Balaban J connectivity index is 2.10. The lowest BCUT2D eigenvalue weighted by Gasteiger charge is -2.05. The van der Waals surface area contributed by atoms with E-state index in [0.717, 1.165) is 0 Å². The fourth-order valence-electron chi connectivity index (χ4n) is 2.01. The fraction of sp³-hybridized carbons (Fsp3) is 0.0714. The van der Waals surface area contributed by atoms with Crippen molar-refractivity contribution in [3.8, 4) is 17.1 Å². The van der Waals surface area contributed by atoms with Gasteiger partial charge in [0.1, 0.15) is 11.4 Å². The molecule has 0 fully saturated rings. The van der Waals surface area contributed by atoms with Gasteiger partial charge in [0.05, 0.1) is 24.1 Å². The van der Waals surface area contributed by atoms with Crippen LogP contribution in [0.4, 0.5) is 0 Å². The number of hydrogen-bond acceptors (Lipinski definition) is 5. The molecule has 0 saturated heterocycles. The van der Waals surface area contributed by atoms with Crippen molar-refractivity contribution in [3.63, 3.8) is 0 Å². The third-order valence-corrected chi connectivity index (χ3v) is 3.00. The third kappa shape index (κ3) is 2.30. The van der Waals surface area contributed by atoms with Crippen LogP contribution in [-0.2, 0) is 6.61 Å². The van der Waals surface area contributed by atoms with E-state index in [9.17, 15) is 9.90 Å². The summed E-state index contributed by atoms with van der Waals surface area (Å²) in [6, 6.07) is 9.65. The summed E-state index contributed by atoms with van der Waals surface area (Å²) in [5.41, 5.74) is 1.72. The Morgan fingerprint density at radius 1 is 1.24 bits per heavy atom. The van der Waals surface area contributed by atoms with Crippen LogP contribution in [0.3, 0.4) is 0 Å². The van der Waals surface area contributed by atoms with Crippen LogP contribution in [0.25, 0.3) is 17.1 Å². The predicted molar refractivity (Wildman–Crippen MR) is 71.9 cm³/mol. The molecule has 3 rings (SSSR count). The Bertz CT molecular complexity index is 760. The zero-order valence-corrected chi connectivity index (χ0v) is 10.8. The smallest absolute Gasteiger partial charge is 0.335 e. The van der Waals surface area contributed by atoms with Gasteiger partial charge in [0.2, 0.25) is 0 Å². The highest BCUT2D eigenvalue weighted by Gasteiger charge is 2.18. The Hall–Kier alpha value is -2.93. The Labute approximate surface area is 119 Å². The number of rotatable bonds is 4. The lowest BCUT2D eigenvalue weighted by atomic mass is 10.2. The van der Waals surface area contributed by atoms with E-state index in [2.05, 4.69) is 10.3 Å². The first-order valence-corrected chi connectivity index (χ1v) is 6.13. The number of aliphatic hydroxyl groups excluding tert-OH is 1. The molecule has 0 amide bonds. The maximum atomic E-state index is 10.9. The highest BCUT2D eigenvalue weighted by molar-refractivity contribution is 5.87. The van der Waals surface area contributed by atoms with E-state index in [0.29, 0.717) is 22.8 Å². The van der Waals surface area contributed by atoms with E-state index in [1.165, 1.54) is 23.1 Å². The van der Waals surface area contributed by atoms with Gasteiger partial charge in [-0.15, -0.1) is 5.10 Å². The first-order chi connectivity index (χ1) is 10.2. The van der Waals surface area contributed by atoms with Crippen LogP contribution in [-0.4, -0.2) is 31.2 Å². The van der Waals surface area contributed by atoms with E-state index in [1.807, 2.05) is 0 Å². The van der Waals surface area contributed by atoms with Gasteiger partial charge in [-0.2, -0.15) is 0 Å². The van der Waals surface area contributed by atoms with Gasteiger partial charge in [-0.25, -0.2) is 9.48 Å². The third-order valence-electron chi connectivity index (χ3n) is 3.00. The second kappa shape index (κ2) is 5.22. The van der Waals surface area contributed by atoms with Crippen molar-refractivity contribution in [1.29, 1.82) is 0 Å². The Morgan fingerprint density at radius 2 is 2.00 bits per heavy atom. The van der Waals surface area contributed by atoms with Crippen molar-refractivity contribution in [3.05, 3.63) is 53.9 Å². The Kier molecular flexibility index (Phi) is 3.25. The van der Waals surface area contributed by atoms with E-state index < -0.39 is 5.97 Å². The number of nitrogens with zero attached hydrogens (tertiary/aromatic N) is 3. The van der Waals surface area contributed by atoms with Crippen molar-refractivity contribution < 1.29 is 19.4 Å². The Morgan fingerprint density at radius 3 is 2.57 bits per heavy atom. The molecule has 3 aromatic rings. The summed E-state index contributed by atoms with van der Waals surface area (Å²) in [5.74, 6) is -0.478. The number of aliphatic hydroxyl groups is 1. The molecule has 0 aliphatic heterocycles. The summed E-state index contributed by atoms with van der Waals surface area (Å²) >= 11 is 0. The molecule has 0 atom stereocenters. The molecule has 1 aromatic carbocycles. The van der Waals surface area contributed by atoms with Crippen LogP contribution >= 0.6 is 0 Å². The highest BCUT2D eigenvalue weighted by atomic mass is 16.4. The normalized spacial score (nSPS) is 10.7. The molecular weight excluding hydrogens is 274 g/mol. The highest BCUT2D eigenvalue weighted by Crippen LogP contribution is 2.25. The van der Waals surface area contributed by atoms with Gasteiger partial charge in [-0.1, -0.05) is 5.21 Å². The predicted octanol–water partition coefficient (Wildman–Crippen LogP) is 1.72. The van der Waals surface area contributed by atoms with Crippen LogP contribution in [0, 0.1) is 0 Å². The number of carboxylic acid groups (broad SMARTS) is 1. The summed E-state index contributed by atoms with van der Waals surface area (Å²) in [6.45, 7) is -0.275. The lowest BCUT2D eigenvalue weighted by Crippen LogP contribution is -2.01. The molecule has 0 aliphatic rings. The molecule has 7 nitrogen and oxygen atoms in total. The molecular formula is C14H11N3O4. The van der Waals surface area contributed by atoms with E-state index in [4.69, 9.17) is 9.52 Å². The maximum absolute atomic E-state index is 10.9. The number of carboxylic acids is 1. The number of carbonyl (C=O) groups is 1. The second-order valence-electron chi connectivity index (χ2n) is 4.28. The van der Waals surface area contributed by atoms with Gasteiger partial charge in [0.25, 0.3) is 0 Å². The van der Waals surface area contributed by atoms with Crippen molar-refractivity contribution in [2.45, 2.75) is 6.61 Å². The minimum atomic E-state index is -0.998. The quantitative estimate of drug-likeness (QED) is 0.756. The molecule has 2 N–H and O–H groups in total. The number of furan rings is 1. The first-order valence-electron chi connectivity index (χ1n) is 6.13. The number of aromatic carboxylic acids is 1.